The summed E-state index contributed by atoms with van der Waals surface area (Å²) in [4.78, 5) is 14.4. The largest absolute Gasteiger partial charge is 0.451 e. The van der Waals surface area contributed by atoms with Gasteiger partial charge in [0.1, 0.15) is 5.76 Å². The maximum Gasteiger partial charge on any atom is 0.289 e. The van der Waals surface area contributed by atoms with E-state index in [1.165, 1.54) is 0 Å². The van der Waals surface area contributed by atoms with Crippen molar-refractivity contribution in [2.75, 3.05) is 13.1 Å². The van der Waals surface area contributed by atoms with Gasteiger partial charge in [0.05, 0.1) is 22.3 Å². The molecule has 1 aliphatic rings. The molecule has 122 valence electrons. The maximum atomic E-state index is 12.6. The summed E-state index contributed by atoms with van der Waals surface area (Å²) in [6, 6.07) is 8.70. The van der Waals surface area contributed by atoms with Gasteiger partial charge in [-0.3, -0.25) is 4.79 Å². The Hall–Kier alpha value is -1.49. The summed E-state index contributed by atoms with van der Waals surface area (Å²) in [6.45, 7) is 5.01. The second-order valence-corrected chi connectivity index (χ2v) is 6.52. The van der Waals surface area contributed by atoms with E-state index in [0.717, 1.165) is 0 Å². The van der Waals surface area contributed by atoms with Crippen molar-refractivity contribution in [3.8, 4) is 11.3 Å². The van der Waals surface area contributed by atoms with Crippen molar-refractivity contribution < 1.29 is 13.9 Å². The topological polar surface area (TPSA) is 42.7 Å². The molecule has 1 amide bonds. The van der Waals surface area contributed by atoms with Crippen molar-refractivity contribution in [3.63, 3.8) is 0 Å². The summed E-state index contributed by atoms with van der Waals surface area (Å²) < 4.78 is 11.4. The Morgan fingerprint density at radius 1 is 1.13 bits per heavy atom. The molecule has 0 aliphatic carbocycles. The Balaban J connectivity index is 1.84. The minimum atomic E-state index is -0.142. The van der Waals surface area contributed by atoms with E-state index in [4.69, 9.17) is 32.4 Å². The number of hydrogen-bond donors (Lipinski definition) is 0. The van der Waals surface area contributed by atoms with Crippen LogP contribution < -0.4 is 0 Å². The van der Waals surface area contributed by atoms with Gasteiger partial charge in [0.2, 0.25) is 0 Å². The van der Waals surface area contributed by atoms with Crippen LogP contribution >= 0.6 is 23.2 Å². The van der Waals surface area contributed by atoms with Gasteiger partial charge in [0, 0.05) is 18.7 Å². The zero-order chi connectivity index (χ0) is 16.6. The highest BCUT2D eigenvalue weighted by atomic mass is 35.5. The lowest BCUT2D eigenvalue weighted by Crippen LogP contribution is -2.48. The van der Waals surface area contributed by atoms with Crippen molar-refractivity contribution in [1.29, 1.82) is 0 Å². The van der Waals surface area contributed by atoms with Gasteiger partial charge < -0.3 is 14.1 Å². The molecule has 1 fully saturated rings. The molecule has 1 saturated heterocycles. The van der Waals surface area contributed by atoms with Gasteiger partial charge in [-0.15, -0.1) is 0 Å². The Labute approximate surface area is 144 Å². The van der Waals surface area contributed by atoms with E-state index >= 15 is 0 Å². The first-order valence-corrected chi connectivity index (χ1v) is 8.20. The molecule has 0 radical (unpaired) electrons. The van der Waals surface area contributed by atoms with Gasteiger partial charge in [-0.25, -0.2) is 0 Å². The van der Waals surface area contributed by atoms with Crippen LogP contribution in [0.15, 0.2) is 34.7 Å². The number of benzene rings is 1. The third kappa shape index (κ3) is 3.39. The highest BCUT2D eigenvalue weighted by Gasteiger charge is 2.28. The van der Waals surface area contributed by atoms with Crippen LogP contribution in [-0.4, -0.2) is 36.1 Å². The van der Waals surface area contributed by atoms with Crippen molar-refractivity contribution in [2.45, 2.75) is 26.1 Å². The average molecular weight is 354 g/mol. The first-order valence-electron chi connectivity index (χ1n) is 7.44. The number of amides is 1. The fourth-order valence-electron chi connectivity index (χ4n) is 2.79. The van der Waals surface area contributed by atoms with E-state index in [1.807, 2.05) is 13.8 Å². The number of ether oxygens (including phenoxy) is 1. The maximum absolute atomic E-state index is 12.6. The minimum Gasteiger partial charge on any atom is -0.451 e. The number of carbonyl (C=O) groups is 1. The summed E-state index contributed by atoms with van der Waals surface area (Å²) in [7, 11) is 0. The first-order chi connectivity index (χ1) is 11.0. The van der Waals surface area contributed by atoms with Crippen LogP contribution in [0.25, 0.3) is 11.3 Å². The lowest BCUT2D eigenvalue weighted by Gasteiger charge is -2.34. The van der Waals surface area contributed by atoms with Gasteiger partial charge in [-0.2, -0.15) is 0 Å². The zero-order valence-corrected chi connectivity index (χ0v) is 14.4. The Bertz CT molecular complexity index is 718. The molecule has 4 nitrogen and oxygen atoms in total. The van der Waals surface area contributed by atoms with Crippen LogP contribution in [0, 0.1) is 0 Å². The highest BCUT2D eigenvalue weighted by molar-refractivity contribution is 6.43. The van der Waals surface area contributed by atoms with Crippen molar-refractivity contribution >= 4 is 29.1 Å². The molecule has 0 N–H and O–H groups in total. The summed E-state index contributed by atoms with van der Waals surface area (Å²) in [5.74, 6) is 0.670. The predicted octanol–water partition coefficient (Wildman–Crippen LogP) is 4.50. The number of morpholine rings is 1. The molecule has 1 aliphatic heterocycles. The van der Waals surface area contributed by atoms with E-state index in [-0.39, 0.29) is 23.9 Å². The van der Waals surface area contributed by atoms with E-state index in [2.05, 4.69) is 0 Å². The summed E-state index contributed by atoms with van der Waals surface area (Å²) >= 11 is 12.2. The van der Waals surface area contributed by atoms with Crippen LogP contribution in [0.5, 0.6) is 0 Å². The molecule has 0 saturated carbocycles. The second kappa shape index (κ2) is 6.56. The van der Waals surface area contributed by atoms with Crippen molar-refractivity contribution in [2.24, 2.45) is 0 Å². The molecular weight excluding hydrogens is 337 g/mol. The molecule has 3 rings (SSSR count). The van der Waals surface area contributed by atoms with E-state index < -0.39 is 0 Å². The highest BCUT2D eigenvalue weighted by Crippen LogP contribution is 2.34. The fraction of sp³-hybridized carbons (Fsp3) is 0.353. The number of halogens is 2. The number of nitrogens with zero attached hydrogens (tertiary/aromatic N) is 1. The van der Waals surface area contributed by atoms with Crippen molar-refractivity contribution in [3.05, 3.63) is 46.1 Å². The van der Waals surface area contributed by atoms with Gasteiger partial charge >= 0.3 is 0 Å². The van der Waals surface area contributed by atoms with Crippen LogP contribution in [0.2, 0.25) is 10.0 Å². The van der Waals surface area contributed by atoms with Crippen molar-refractivity contribution in [1.82, 2.24) is 4.90 Å². The lowest BCUT2D eigenvalue weighted by molar-refractivity contribution is -0.0592. The molecule has 1 aromatic heterocycles. The molecule has 23 heavy (non-hydrogen) atoms. The minimum absolute atomic E-state index is 0.0134. The van der Waals surface area contributed by atoms with Gasteiger partial charge in [0.25, 0.3) is 5.91 Å². The molecule has 6 heteroatoms. The van der Waals surface area contributed by atoms with E-state index in [9.17, 15) is 4.79 Å². The summed E-state index contributed by atoms with van der Waals surface area (Å²) in [5.41, 5.74) is 0.668. The number of carbonyl (C=O) groups excluding carboxylic acids is 1. The standard InChI is InChI=1S/C17H17Cl2NO3/c1-10-8-20(9-11(2)22-10)17(21)15-7-6-14(23-15)12-4-3-5-13(18)16(12)19/h3-7,10-11H,8-9H2,1-2H3/t10-,11-/m1/s1. The van der Waals surface area contributed by atoms with Crippen LogP contribution in [-0.2, 0) is 4.74 Å². The molecule has 2 aromatic rings. The smallest absolute Gasteiger partial charge is 0.289 e. The Morgan fingerprint density at radius 2 is 1.83 bits per heavy atom. The third-order valence-electron chi connectivity index (χ3n) is 3.74. The van der Waals surface area contributed by atoms with Crippen LogP contribution in [0.1, 0.15) is 24.4 Å². The molecule has 0 bridgehead atoms. The summed E-state index contributed by atoms with van der Waals surface area (Å²) in [6.07, 6.45) is 0.0269. The van der Waals surface area contributed by atoms with E-state index in [1.54, 1.807) is 35.2 Å². The predicted molar refractivity (Wildman–Crippen MR) is 90.1 cm³/mol. The normalized spacial score (nSPS) is 21.5. The molecular formula is C17H17Cl2NO3. The van der Waals surface area contributed by atoms with Gasteiger partial charge in [-0.05, 0) is 38.1 Å². The summed E-state index contributed by atoms with van der Waals surface area (Å²) in [5, 5.41) is 0.861. The lowest BCUT2D eigenvalue weighted by atomic mass is 10.2. The Kier molecular flexibility index (Phi) is 4.67. The molecule has 2 heterocycles. The number of hydrogen-bond acceptors (Lipinski definition) is 3. The van der Waals surface area contributed by atoms with Crippen LogP contribution in [0.4, 0.5) is 0 Å². The Morgan fingerprint density at radius 3 is 2.52 bits per heavy atom. The first kappa shape index (κ1) is 16.4. The fourth-order valence-corrected chi connectivity index (χ4v) is 3.18. The second-order valence-electron chi connectivity index (χ2n) is 5.73. The van der Waals surface area contributed by atoms with E-state index in [0.29, 0.717) is 34.5 Å². The molecule has 2 atom stereocenters. The average Bonchev–Trinajstić information content (AvgIpc) is 2.98. The number of furan rings is 1. The van der Waals surface area contributed by atoms with Gasteiger partial charge in [-0.1, -0.05) is 29.3 Å². The SMILES string of the molecule is C[C@@H]1CN(C(=O)c2ccc(-c3cccc(Cl)c3Cl)o2)C[C@@H](C)O1. The molecule has 0 spiro atoms. The van der Waals surface area contributed by atoms with Gasteiger partial charge in [0.15, 0.2) is 5.76 Å². The number of rotatable bonds is 2. The zero-order valence-electron chi connectivity index (χ0n) is 12.9. The van der Waals surface area contributed by atoms with Crippen LogP contribution in [0.3, 0.4) is 0 Å². The quantitative estimate of drug-likeness (QED) is 0.797. The third-order valence-corrected chi connectivity index (χ3v) is 4.56. The monoisotopic (exact) mass is 353 g/mol. The molecule has 0 unspecified atom stereocenters. The molecule has 1 aromatic carbocycles.